The number of thiazole rings is 1. The lowest BCUT2D eigenvalue weighted by molar-refractivity contribution is -0.00749. The van der Waals surface area contributed by atoms with Gasteiger partial charge in [0.15, 0.2) is 5.13 Å². The Morgan fingerprint density at radius 2 is 2.19 bits per heavy atom. The maximum Gasteiger partial charge on any atom is 0.180 e. The van der Waals surface area contributed by atoms with Gasteiger partial charge in [-0.3, -0.25) is 4.90 Å². The molecule has 0 spiro atoms. The fraction of sp³-hybridized carbons (Fsp3) is 0.591. The molecule has 3 N–H and O–H groups in total. The van der Waals surface area contributed by atoms with E-state index in [2.05, 4.69) is 22.0 Å². The average molecular weight is 382 g/mol. The van der Waals surface area contributed by atoms with Crippen LogP contribution in [-0.4, -0.2) is 34.1 Å². The van der Waals surface area contributed by atoms with Gasteiger partial charge in [-0.25, -0.2) is 4.98 Å². The average Bonchev–Trinajstić information content (AvgIpc) is 2.96. The largest absolute Gasteiger partial charge is 0.508 e. The van der Waals surface area contributed by atoms with Gasteiger partial charge in [0.05, 0.1) is 5.69 Å². The van der Waals surface area contributed by atoms with E-state index >= 15 is 0 Å². The van der Waals surface area contributed by atoms with Crippen LogP contribution in [0.5, 0.6) is 5.75 Å². The Balaban J connectivity index is 1.46. The summed E-state index contributed by atoms with van der Waals surface area (Å²) >= 11 is 1.70. The van der Waals surface area contributed by atoms with Crippen molar-refractivity contribution in [2.45, 2.75) is 56.4 Å². The SMILES string of the molecule is Nc1nc2c(s1)C[C@H]1[C@@H]3Cc4ccc(O)cc4[C@]1(CCN3CC1CCC1)C2. The van der Waals surface area contributed by atoms with Crippen LogP contribution >= 0.6 is 11.3 Å². The zero-order valence-electron chi connectivity index (χ0n) is 15.7. The molecule has 1 aliphatic heterocycles. The van der Waals surface area contributed by atoms with Crippen molar-refractivity contribution in [3.05, 3.63) is 39.9 Å². The van der Waals surface area contributed by atoms with Gasteiger partial charge in [-0.05, 0) is 73.7 Å². The van der Waals surface area contributed by atoms with Gasteiger partial charge >= 0.3 is 0 Å². The van der Waals surface area contributed by atoms with Gasteiger partial charge in [0.2, 0.25) is 0 Å². The topological polar surface area (TPSA) is 62.4 Å². The zero-order valence-corrected chi connectivity index (χ0v) is 16.5. The molecule has 1 aromatic heterocycles. The van der Waals surface area contributed by atoms with Crippen molar-refractivity contribution < 1.29 is 5.11 Å². The quantitative estimate of drug-likeness (QED) is 0.836. The highest BCUT2D eigenvalue weighted by Gasteiger charge is 2.55. The highest BCUT2D eigenvalue weighted by molar-refractivity contribution is 7.15. The van der Waals surface area contributed by atoms with Gasteiger partial charge in [0.1, 0.15) is 5.75 Å². The molecule has 1 saturated heterocycles. The maximum absolute atomic E-state index is 10.2. The van der Waals surface area contributed by atoms with Crippen molar-refractivity contribution >= 4 is 16.5 Å². The third-order valence-electron chi connectivity index (χ3n) is 7.95. The predicted molar refractivity (Wildman–Crippen MR) is 108 cm³/mol. The van der Waals surface area contributed by atoms with Crippen LogP contribution in [0.1, 0.15) is 47.4 Å². The minimum absolute atomic E-state index is 0.126. The van der Waals surface area contributed by atoms with Crippen LogP contribution in [0.2, 0.25) is 0 Å². The Morgan fingerprint density at radius 1 is 1.30 bits per heavy atom. The number of fused-ring (bicyclic) bond motifs is 2. The fourth-order valence-electron chi connectivity index (χ4n) is 6.43. The standard InChI is InChI=1S/C22H27N3OS/c23-21-24-18-11-22-6-7-25(12-13-2-1-3-13)19(17(22)10-20(18)27-21)8-14-4-5-15(26)9-16(14)22/h4-5,9,13,17,19,26H,1-3,6-8,10-12H2,(H2,23,24)/t17-,19-,22-/m0/s1. The van der Waals surface area contributed by atoms with Gasteiger partial charge in [0, 0.05) is 29.3 Å². The molecule has 0 radical (unpaired) electrons. The number of aromatic nitrogens is 1. The number of anilines is 1. The van der Waals surface area contributed by atoms with Crippen LogP contribution in [0, 0.1) is 11.8 Å². The number of phenolic OH excluding ortho intramolecular Hbond substituents is 1. The molecule has 0 amide bonds. The molecule has 3 atom stereocenters. The summed E-state index contributed by atoms with van der Waals surface area (Å²) in [5, 5.41) is 11.0. The summed E-state index contributed by atoms with van der Waals surface area (Å²) < 4.78 is 0. The van der Waals surface area contributed by atoms with E-state index in [-0.39, 0.29) is 5.41 Å². The molecule has 27 heavy (non-hydrogen) atoms. The molecule has 2 fully saturated rings. The Kier molecular flexibility index (Phi) is 3.46. The summed E-state index contributed by atoms with van der Waals surface area (Å²) in [5.41, 5.74) is 10.3. The van der Waals surface area contributed by atoms with E-state index < -0.39 is 0 Å². The van der Waals surface area contributed by atoms with Crippen molar-refractivity contribution in [2.24, 2.45) is 11.8 Å². The van der Waals surface area contributed by atoms with Gasteiger partial charge in [0.25, 0.3) is 0 Å². The van der Waals surface area contributed by atoms with Crippen LogP contribution in [0.15, 0.2) is 18.2 Å². The lowest BCUT2D eigenvalue weighted by Gasteiger charge is -2.59. The normalized spacial score (nSPS) is 32.3. The summed E-state index contributed by atoms with van der Waals surface area (Å²) in [7, 11) is 0. The summed E-state index contributed by atoms with van der Waals surface area (Å²) in [4.78, 5) is 8.92. The first-order chi connectivity index (χ1) is 13.1. The molecule has 2 aromatic rings. The number of hydrogen-bond acceptors (Lipinski definition) is 5. The predicted octanol–water partition coefficient (Wildman–Crippen LogP) is 3.51. The number of piperidine rings is 1. The molecule has 3 aliphatic carbocycles. The number of rotatable bonds is 2. The molecule has 6 rings (SSSR count). The lowest BCUT2D eigenvalue weighted by atomic mass is 9.52. The summed E-state index contributed by atoms with van der Waals surface area (Å²) in [6.07, 6.45) is 8.64. The molecule has 5 heteroatoms. The number of benzene rings is 1. The molecular weight excluding hydrogens is 354 g/mol. The van der Waals surface area contributed by atoms with Crippen LogP contribution in [-0.2, 0) is 24.7 Å². The molecule has 1 saturated carbocycles. The molecule has 4 aliphatic rings. The molecule has 1 aromatic carbocycles. The minimum atomic E-state index is 0.126. The van der Waals surface area contributed by atoms with Crippen LogP contribution in [0.25, 0.3) is 0 Å². The number of nitrogens with zero attached hydrogens (tertiary/aromatic N) is 2. The summed E-state index contributed by atoms with van der Waals surface area (Å²) in [6, 6.07) is 6.72. The fourth-order valence-corrected chi connectivity index (χ4v) is 7.34. The first-order valence-electron chi connectivity index (χ1n) is 10.4. The van der Waals surface area contributed by atoms with Gasteiger partial charge in [-0.15, -0.1) is 11.3 Å². The first-order valence-corrected chi connectivity index (χ1v) is 11.2. The van der Waals surface area contributed by atoms with Crippen molar-refractivity contribution in [1.29, 1.82) is 0 Å². The third kappa shape index (κ3) is 2.34. The maximum atomic E-state index is 10.2. The number of nitrogens with two attached hydrogens (primary N) is 1. The summed E-state index contributed by atoms with van der Waals surface area (Å²) in [5.74, 6) is 1.94. The van der Waals surface area contributed by atoms with E-state index in [0.29, 0.717) is 22.8 Å². The van der Waals surface area contributed by atoms with E-state index in [0.717, 1.165) is 25.2 Å². The summed E-state index contributed by atoms with van der Waals surface area (Å²) in [6.45, 7) is 2.46. The van der Waals surface area contributed by atoms with Crippen LogP contribution in [0.3, 0.4) is 0 Å². The number of hydrogen-bond donors (Lipinski definition) is 2. The monoisotopic (exact) mass is 381 g/mol. The van der Waals surface area contributed by atoms with Crippen molar-refractivity contribution in [1.82, 2.24) is 9.88 Å². The molecule has 0 unspecified atom stereocenters. The highest BCUT2D eigenvalue weighted by atomic mass is 32.1. The van der Waals surface area contributed by atoms with E-state index in [4.69, 9.17) is 5.73 Å². The Labute approximate surface area is 164 Å². The lowest BCUT2D eigenvalue weighted by Crippen LogP contribution is -2.63. The van der Waals surface area contributed by atoms with Crippen LogP contribution in [0.4, 0.5) is 5.13 Å². The van der Waals surface area contributed by atoms with E-state index in [1.54, 1.807) is 11.3 Å². The Bertz CT molecular complexity index is 905. The Hall–Kier alpha value is -1.59. The number of aromatic hydroxyl groups is 1. The van der Waals surface area contributed by atoms with Gasteiger partial charge < -0.3 is 10.8 Å². The van der Waals surface area contributed by atoms with Crippen molar-refractivity contribution in [2.75, 3.05) is 18.8 Å². The second-order valence-electron chi connectivity index (χ2n) is 9.22. The van der Waals surface area contributed by atoms with Crippen molar-refractivity contribution in [3.8, 4) is 5.75 Å². The zero-order chi connectivity index (χ0) is 18.2. The molecule has 142 valence electrons. The van der Waals surface area contributed by atoms with Crippen molar-refractivity contribution in [3.63, 3.8) is 0 Å². The minimum Gasteiger partial charge on any atom is -0.508 e. The smallest absolute Gasteiger partial charge is 0.180 e. The van der Waals surface area contributed by atoms with E-state index in [1.807, 2.05) is 6.07 Å². The highest BCUT2D eigenvalue weighted by Crippen LogP contribution is 2.56. The Morgan fingerprint density at radius 3 is 3.00 bits per heavy atom. The molecule has 4 nitrogen and oxygen atoms in total. The molecular formula is C22H27N3OS. The second-order valence-corrected chi connectivity index (χ2v) is 10.3. The number of nitrogen functional groups attached to an aromatic ring is 1. The molecule has 2 bridgehead atoms. The first kappa shape index (κ1) is 16.4. The second kappa shape index (κ2) is 5.71. The number of phenols is 1. The van der Waals surface area contributed by atoms with Gasteiger partial charge in [-0.1, -0.05) is 12.5 Å². The van der Waals surface area contributed by atoms with Gasteiger partial charge in [-0.2, -0.15) is 0 Å². The number of likely N-dealkylation sites (tertiary alicyclic amines) is 1. The van der Waals surface area contributed by atoms with E-state index in [1.165, 1.54) is 60.5 Å². The molecule has 2 heterocycles. The van der Waals surface area contributed by atoms with Crippen LogP contribution < -0.4 is 5.73 Å². The third-order valence-corrected chi connectivity index (χ3v) is 8.90. The van der Waals surface area contributed by atoms with E-state index in [9.17, 15) is 5.11 Å².